The minimum Gasteiger partial charge on any atom is -0.391 e. The molecule has 1 amide bonds. The highest BCUT2D eigenvalue weighted by Gasteiger charge is 2.22. The van der Waals surface area contributed by atoms with E-state index in [-0.39, 0.29) is 24.2 Å². The Balaban J connectivity index is 2.85. The third kappa shape index (κ3) is 3.06. The predicted octanol–water partition coefficient (Wildman–Crippen LogP) is 1.50. The average Bonchev–Trinajstić information content (AvgIpc) is 2.71. The van der Waals surface area contributed by atoms with E-state index in [1.54, 1.807) is 0 Å². The van der Waals surface area contributed by atoms with Crippen LogP contribution >= 0.6 is 0 Å². The van der Waals surface area contributed by atoms with Crippen molar-refractivity contribution in [1.82, 2.24) is 10.5 Å². The van der Waals surface area contributed by atoms with Crippen LogP contribution in [0, 0.1) is 5.92 Å². The van der Waals surface area contributed by atoms with E-state index in [4.69, 9.17) is 4.52 Å². The summed E-state index contributed by atoms with van der Waals surface area (Å²) in [4.78, 5) is 11.9. The van der Waals surface area contributed by atoms with Crippen molar-refractivity contribution in [3.05, 3.63) is 17.0 Å². The molecule has 1 unspecified atom stereocenters. The maximum absolute atomic E-state index is 11.9. The van der Waals surface area contributed by atoms with Crippen LogP contribution in [0.15, 0.2) is 4.52 Å². The second kappa shape index (κ2) is 5.82. The van der Waals surface area contributed by atoms with Gasteiger partial charge in [-0.05, 0) is 12.8 Å². The van der Waals surface area contributed by atoms with E-state index in [0.717, 1.165) is 0 Å². The van der Waals surface area contributed by atoms with Crippen molar-refractivity contribution in [2.75, 3.05) is 0 Å². The lowest BCUT2D eigenvalue weighted by Crippen LogP contribution is -2.36. The number of aryl methyl sites for hydroxylation is 1. The van der Waals surface area contributed by atoms with Crippen LogP contribution in [0.1, 0.15) is 49.5 Å². The number of aliphatic hydroxyl groups excluding tert-OH is 1. The monoisotopic (exact) mass is 240 g/mol. The number of hydrogen-bond donors (Lipinski definition) is 2. The molecule has 0 saturated carbocycles. The first-order chi connectivity index (χ1) is 8.01. The highest BCUT2D eigenvalue weighted by atomic mass is 16.5. The summed E-state index contributed by atoms with van der Waals surface area (Å²) < 4.78 is 5.03. The molecule has 17 heavy (non-hydrogen) atoms. The zero-order valence-electron chi connectivity index (χ0n) is 10.8. The number of aromatic nitrogens is 1. The van der Waals surface area contributed by atoms with Crippen LogP contribution in [-0.4, -0.2) is 22.2 Å². The molecular formula is C12H20N2O3. The molecule has 96 valence electrons. The van der Waals surface area contributed by atoms with Crippen LogP contribution < -0.4 is 5.32 Å². The molecule has 5 heteroatoms. The summed E-state index contributed by atoms with van der Waals surface area (Å²) >= 11 is 0. The van der Waals surface area contributed by atoms with Gasteiger partial charge in [0.05, 0.1) is 12.2 Å². The van der Waals surface area contributed by atoms with Gasteiger partial charge in [0, 0.05) is 12.5 Å². The first kappa shape index (κ1) is 13.7. The van der Waals surface area contributed by atoms with Crippen LogP contribution in [0.4, 0.5) is 0 Å². The third-order valence-corrected chi connectivity index (χ3v) is 2.92. The summed E-state index contributed by atoms with van der Waals surface area (Å²) in [6.07, 6.45) is 0.607. The fourth-order valence-electron chi connectivity index (χ4n) is 1.40. The molecule has 0 aliphatic rings. The maximum atomic E-state index is 11.9. The SMILES string of the molecule is CCc1onc(C(=O)NC(C)C(C)C)c1CO. The maximum Gasteiger partial charge on any atom is 0.274 e. The zero-order valence-corrected chi connectivity index (χ0v) is 10.8. The lowest BCUT2D eigenvalue weighted by molar-refractivity contribution is 0.0918. The van der Waals surface area contributed by atoms with Crippen molar-refractivity contribution in [3.8, 4) is 0 Å². The number of nitrogens with one attached hydrogen (secondary N) is 1. The Morgan fingerprint density at radius 3 is 2.59 bits per heavy atom. The number of aliphatic hydroxyl groups is 1. The van der Waals surface area contributed by atoms with Gasteiger partial charge in [-0.3, -0.25) is 4.79 Å². The van der Waals surface area contributed by atoms with Gasteiger partial charge in [0.15, 0.2) is 5.69 Å². The molecule has 0 aliphatic carbocycles. The summed E-state index contributed by atoms with van der Waals surface area (Å²) in [5, 5.41) is 15.8. The Kier molecular flexibility index (Phi) is 4.69. The molecule has 1 heterocycles. The molecule has 0 aliphatic heterocycles. The van der Waals surface area contributed by atoms with Gasteiger partial charge >= 0.3 is 0 Å². The van der Waals surface area contributed by atoms with Gasteiger partial charge in [0.2, 0.25) is 0 Å². The smallest absolute Gasteiger partial charge is 0.274 e. The number of carbonyl (C=O) groups excluding carboxylic acids is 1. The van der Waals surface area contributed by atoms with Gasteiger partial charge in [-0.2, -0.15) is 0 Å². The molecular weight excluding hydrogens is 220 g/mol. The number of carbonyl (C=O) groups is 1. The average molecular weight is 240 g/mol. The van der Waals surface area contributed by atoms with Crippen LogP contribution in [0.5, 0.6) is 0 Å². The molecule has 1 aromatic heterocycles. The van der Waals surface area contributed by atoms with Crippen molar-refractivity contribution in [2.45, 2.75) is 46.8 Å². The second-order valence-corrected chi connectivity index (χ2v) is 4.45. The van der Waals surface area contributed by atoms with Crippen molar-refractivity contribution in [3.63, 3.8) is 0 Å². The second-order valence-electron chi connectivity index (χ2n) is 4.45. The molecule has 0 aromatic carbocycles. The van der Waals surface area contributed by atoms with E-state index in [1.807, 2.05) is 27.7 Å². The quantitative estimate of drug-likeness (QED) is 0.818. The molecule has 1 atom stereocenters. The molecule has 0 bridgehead atoms. The first-order valence-corrected chi connectivity index (χ1v) is 5.90. The normalized spacial score (nSPS) is 12.8. The van der Waals surface area contributed by atoms with Crippen LogP contribution in [-0.2, 0) is 13.0 Å². The minimum absolute atomic E-state index is 0.0517. The molecule has 0 spiro atoms. The first-order valence-electron chi connectivity index (χ1n) is 5.90. The van der Waals surface area contributed by atoms with E-state index in [2.05, 4.69) is 10.5 Å². The number of nitrogens with zero attached hydrogens (tertiary/aromatic N) is 1. The molecule has 0 fully saturated rings. The predicted molar refractivity (Wildman–Crippen MR) is 63.6 cm³/mol. The van der Waals surface area contributed by atoms with E-state index >= 15 is 0 Å². The fraction of sp³-hybridized carbons (Fsp3) is 0.667. The fourth-order valence-corrected chi connectivity index (χ4v) is 1.40. The Hall–Kier alpha value is -1.36. The minimum atomic E-state index is -0.293. The summed E-state index contributed by atoms with van der Waals surface area (Å²) in [5.41, 5.74) is 0.679. The number of rotatable bonds is 5. The third-order valence-electron chi connectivity index (χ3n) is 2.92. The Labute approximate surface area is 101 Å². The van der Waals surface area contributed by atoms with Crippen LogP contribution in [0.25, 0.3) is 0 Å². The molecule has 0 saturated heterocycles. The highest BCUT2D eigenvalue weighted by Crippen LogP contribution is 2.15. The largest absolute Gasteiger partial charge is 0.391 e. The zero-order chi connectivity index (χ0) is 13.0. The standard InChI is InChI=1S/C12H20N2O3/c1-5-10-9(6-15)11(14-17-10)12(16)13-8(4)7(2)3/h7-8,15H,5-6H2,1-4H3,(H,13,16). The van der Waals surface area contributed by atoms with Gasteiger partial charge in [0.25, 0.3) is 5.91 Å². The topological polar surface area (TPSA) is 75.4 Å². The van der Waals surface area contributed by atoms with Gasteiger partial charge in [-0.25, -0.2) is 0 Å². The molecule has 2 N–H and O–H groups in total. The van der Waals surface area contributed by atoms with Crippen molar-refractivity contribution in [2.24, 2.45) is 5.92 Å². The number of amides is 1. The van der Waals surface area contributed by atoms with E-state index in [0.29, 0.717) is 23.7 Å². The van der Waals surface area contributed by atoms with Gasteiger partial charge in [0.1, 0.15) is 5.76 Å². The summed E-state index contributed by atoms with van der Waals surface area (Å²) in [7, 11) is 0. The van der Waals surface area contributed by atoms with Crippen molar-refractivity contribution in [1.29, 1.82) is 0 Å². The Bertz CT molecular complexity index is 385. The molecule has 1 rings (SSSR count). The summed E-state index contributed by atoms with van der Waals surface area (Å²) in [5.74, 6) is 0.614. The Morgan fingerprint density at radius 1 is 1.47 bits per heavy atom. The highest BCUT2D eigenvalue weighted by molar-refractivity contribution is 5.93. The van der Waals surface area contributed by atoms with Gasteiger partial charge in [-0.1, -0.05) is 25.9 Å². The summed E-state index contributed by atoms with van der Waals surface area (Å²) in [6, 6.07) is 0.0517. The number of hydrogen-bond acceptors (Lipinski definition) is 4. The van der Waals surface area contributed by atoms with E-state index in [1.165, 1.54) is 0 Å². The molecule has 1 aromatic rings. The van der Waals surface area contributed by atoms with Crippen LogP contribution in [0.2, 0.25) is 0 Å². The van der Waals surface area contributed by atoms with E-state index < -0.39 is 0 Å². The molecule has 0 radical (unpaired) electrons. The van der Waals surface area contributed by atoms with Crippen molar-refractivity contribution < 1.29 is 14.4 Å². The van der Waals surface area contributed by atoms with E-state index in [9.17, 15) is 9.90 Å². The lowest BCUT2D eigenvalue weighted by Gasteiger charge is -2.16. The van der Waals surface area contributed by atoms with Gasteiger partial charge in [-0.15, -0.1) is 0 Å². The molecule has 5 nitrogen and oxygen atoms in total. The Morgan fingerprint density at radius 2 is 2.12 bits per heavy atom. The summed E-state index contributed by atoms with van der Waals surface area (Å²) in [6.45, 7) is 7.64. The van der Waals surface area contributed by atoms with Crippen LogP contribution in [0.3, 0.4) is 0 Å². The van der Waals surface area contributed by atoms with Crippen molar-refractivity contribution >= 4 is 5.91 Å². The lowest BCUT2D eigenvalue weighted by atomic mass is 10.1. The van der Waals surface area contributed by atoms with Gasteiger partial charge < -0.3 is 14.9 Å².